The molecule has 0 unspecified atom stereocenters. The highest BCUT2D eigenvalue weighted by Crippen LogP contribution is 2.26. The van der Waals surface area contributed by atoms with Gasteiger partial charge in [0.1, 0.15) is 11.3 Å². The van der Waals surface area contributed by atoms with E-state index in [1.807, 2.05) is 25.1 Å². The minimum atomic E-state index is -0.508. The number of esters is 1. The second-order valence-electron chi connectivity index (χ2n) is 5.99. The fourth-order valence-electron chi connectivity index (χ4n) is 2.59. The van der Waals surface area contributed by atoms with E-state index in [0.717, 1.165) is 15.4 Å². The van der Waals surface area contributed by atoms with E-state index in [9.17, 15) is 9.59 Å². The molecule has 0 spiro atoms. The first-order chi connectivity index (χ1) is 13.0. The Balaban J connectivity index is 1.56. The summed E-state index contributed by atoms with van der Waals surface area (Å²) in [7, 11) is 1.57. The highest BCUT2D eigenvalue weighted by Gasteiger charge is 2.14. The molecule has 27 heavy (non-hydrogen) atoms. The molecule has 140 valence electrons. The minimum Gasteiger partial charge on any atom is -0.497 e. The van der Waals surface area contributed by atoms with E-state index in [1.165, 1.54) is 6.26 Å². The number of hydrogen-bond donors (Lipinski definition) is 1. The smallest absolute Gasteiger partial charge is 0.310 e. The van der Waals surface area contributed by atoms with Gasteiger partial charge in [0, 0.05) is 21.5 Å². The van der Waals surface area contributed by atoms with E-state index >= 15 is 0 Å². The van der Waals surface area contributed by atoms with Gasteiger partial charge in [0.05, 0.1) is 25.5 Å². The van der Waals surface area contributed by atoms with Crippen LogP contribution in [0, 0.1) is 6.92 Å². The van der Waals surface area contributed by atoms with Crippen molar-refractivity contribution < 1.29 is 23.5 Å². The highest BCUT2D eigenvalue weighted by molar-refractivity contribution is 9.10. The van der Waals surface area contributed by atoms with Gasteiger partial charge in [-0.1, -0.05) is 6.07 Å². The van der Waals surface area contributed by atoms with E-state index in [0.29, 0.717) is 22.6 Å². The number of ether oxygens (including phenoxy) is 2. The van der Waals surface area contributed by atoms with Gasteiger partial charge in [0.25, 0.3) is 5.91 Å². The number of benzene rings is 2. The number of methoxy groups -OCH3 is 1. The number of nitrogens with one attached hydrogen (secondary N) is 1. The number of amides is 1. The number of hydrogen-bond acceptors (Lipinski definition) is 5. The fraction of sp³-hybridized carbons (Fsp3) is 0.200. The number of halogens is 1. The predicted molar refractivity (Wildman–Crippen MR) is 105 cm³/mol. The predicted octanol–water partition coefficient (Wildman–Crippen LogP) is 4.24. The molecule has 0 saturated carbocycles. The summed E-state index contributed by atoms with van der Waals surface area (Å²) in [5, 5.41) is 3.50. The molecule has 0 bridgehead atoms. The van der Waals surface area contributed by atoms with Crippen molar-refractivity contribution in [3.63, 3.8) is 0 Å². The number of aryl methyl sites for hydroxylation is 1. The quantitative estimate of drug-likeness (QED) is 0.590. The van der Waals surface area contributed by atoms with Crippen molar-refractivity contribution in [1.29, 1.82) is 0 Å². The van der Waals surface area contributed by atoms with Crippen molar-refractivity contribution in [2.75, 3.05) is 19.0 Å². The summed E-state index contributed by atoms with van der Waals surface area (Å²) < 4.78 is 16.4. The second-order valence-corrected chi connectivity index (χ2v) is 6.85. The van der Waals surface area contributed by atoms with Gasteiger partial charge in [-0.25, -0.2) is 0 Å². The average molecular weight is 432 g/mol. The molecular weight excluding hydrogens is 414 g/mol. The summed E-state index contributed by atoms with van der Waals surface area (Å²) in [6.07, 6.45) is 1.52. The third-order valence-electron chi connectivity index (χ3n) is 3.96. The summed E-state index contributed by atoms with van der Waals surface area (Å²) in [4.78, 5) is 24.1. The minimum absolute atomic E-state index is 0.0147. The van der Waals surface area contributed by atoms with Crippen LogP contribution >= 0.6 is 15.9 Å². The van der Waals surface area contributed by atoms with Crippen molar-refractivity contribution in [3.8, 4) is 5.75 Å². The van der Waals surface area contributed by atoms with Gasteiger partial charge in [-0.05, 0) is 52.7 Å². The molecule has 0 aliphatic carbocycles. The van der Waals surface area contributed by atoms with Crippen LogP contribution in [0.2, 0.25) is 0 Å². The first-order valence-corrected chi connectivity index (χ1v) is 9.01. The molecule has 0 aliphatic rings. The lowest BCUT2D eigenvalue weighted by Crippen LogP contribution is -2.21. The van der Waals surface area contributed by atoms with Crippen LogP contribution in [-0.2, 0) is 20.7 Å². The Morgan fingerprint density at radius 1 is 1.19 bits per heavy atom. The molecule has 0 atom stereocenters. The van der Waals surface area contributed by atoms with E-state index in [-0.39, 0.29) is 13.0 Å². The highest BCUT2D eigenvalue weighted by atomic mass is 79.9. The number of rotatable bonds is 6. The Kier molecular flexibility index (Phi) is 5.81. The number of anilines is 1. The SMILES string of the molecule is COc1ccc2c(CC(=O)OCC(=O)Nc3ccc(C)cc3Br)coc2c1. The molecule has 2 aromatic carbocycles. The maximum atomic E-state index is 12.1. The lowest BCUT2D eigenvalue weighted by Gasteiger charge is -2.08. The molecule has 3 aromatic rings. The maximum Gasteiger partial charge on any atom is 0.310 e. The molecule has 7 heteroatoms. The first kappa shape index (κ1) is 19.0. The van der Waals surface area contributed by atoms with Crippen LogP contribution < -0.4 is 10.1 Å². The Bertz CT molecular complexity index is 995. The summed E-state index contributed by atoms with van der Waals surface area (Å²) in [5.74, 6) is -0.244. The van der Waals surface area contributed by atoms with Crippen LogP contribution in [0.15, 0.2) is 51.6 Å². The molecule has 6 nitrogen and oxygen atoms in total. The maximum absolute atomic E-state index is 12.1. The topological polar surface area (TPSA) is 77.8 Å². The van der Waals surface area contributed by atoms with Gasteiger partial charge in [0.15, 0.2) is 6.61 Å². The van der Waals surface area contributed by atoms with Gasteiger partial charge < -0.3 is 19.2 Å². The normalized spacial score (nSPS) is 10.6. The van der Waals surface area contributed by atoms with Crippen molar-refractivity contribution in [2.45, 2.75) is 13.3 Å². The van der Waals surface area contributed by atoms with Crippen LogP contribution in [0.5, 0.6) is 5.75 Å². The standard InChI is InChI=1S/C20H18BrNO5/c1-12-3-6-17(16(21)7-12)22-19(23)11-27-20(24)8-13-10-26-18-9-14(25-2)4-5-15(13)18/h3-7,9-10H,8,11H2,1-2H3,(H,22,23). The third kappa shape index (κ3) is 4.68. The molecule has 1 amide bonds. The average Bonchev–Trinajstić information content (AvgIpc) is 3.04. The van der Waals surface area contributed by atoms with E-state index in [2.05, 4.69) is 21.2 Å². The van der Waals surface area contributed by atoms with E-state index in [4.69, 9.17) is 13.9 Å². The molecule has 0 fully saturated rings. The molecule has 3 rings (SSSR count). The molecule has 0 aliphatic heterocycles. The number of carbonyl (C=O) groups excluding carboxylic acids is 2. The van der Waals surface area contributed by atoms with Crippen LogP contribution in [0.3, 0.4) is 0 Å². The number of carbonyl (C=O) groups is 2. The van der Waals surface area contributed by atoms with Crippen molar-refractivity contribution in [2.24, 2.45) is 0 Å². The summed E-state index contributed by atoms with van der Waals surface area (Å²) in [5.41, 5.74) is 3.01. The Labute approximate surface area is 164 Å². The summed E-state index contributed by atoms with van der Waals surface area (Å²) >= 11 is 3.39. The zero-order valence-corrected chi connectivity index (χ0v) is 16.5. The van der Waals surface area contributed by atoms with Gasteiger partial charge in [-0.3, -0.25) is 9.59 Å². The lowest BCUT2D eigenvalue weighted by atomic mass is 10.1. The van der Waals surface area contributed by atoms with Crippen molar-refractivity contribution in [3.05, 3.63) is 58.3 Å². The Morgan fingerprint density at radius 3 is 2.74 bits per heavy atom. The molecule has 1 aromatic heterocycles. The third-order valence-corrected chi connectivity index (χ3v) is 4.62. The summed E-state index contributed by atoms with van der Waals surface area (Å²) in [6, 6.07) is 10.9. The van der Waals surface area contributed by atoms with Crippen LogP contribution in [-0.4, -0.2) is 25.6 Å². The summed E-state index contributed by atoms with van der Waals surface area (Å²) in [6.45, 7) is 1.59. The van der Waals surface area contributed by atoms with E-state index in [1.54, 1.807) is 25.3 Å². The van der Waals surface area contributed by atoms with Crippen LogP contribution in [0.25, 0.3) is 11.0 Å². The van der Waals surface area contributed by atoms with Gasteiger partial charge in [-0.2, -0.15) is 0 Å². The lowest BCUT2D eigenvalue weighted by molar-refractivity contribution is -0.146. The zero-order chi connectivity index (χ0) is 19.4. The van der Waals surface area contributed by atoms with E-state index < -0.39 is 11.9 Å². The molecular formula is C20H18BrNO5. The largest absolute Gasteiger partial charge is 0.497 e. The van der Waals surface area contributed by atoms with Gasteiger partial charge in [0.2, 0.25) is 0 Å². The molecule has 1 heterocycles. The van der Waals surface area contributed by atoms with Crippen molar-refractivity contribution >= 4 is 44.5 Å². The number of fused-ring (bicyclic) bond motifs is 1. The van der Waals surface area contributed by atoms with Crippen LogP contribution in [0.1, 0.15) is 11.1 Å². The second kappa shape index (κ2) is 8.26. The van der Waals surface area contributed by atoms with Gasteiger partial charge in [-0.15, -0.1) is 0 Å². The van der Waals surface area contributed by atoms with Crippen LogP contribution in [0.4, 0.5) is 5.69 Å². The zero-order valence-electron chi connectivity index (χ0n) is 14.9. The monoisotopic (exact) mass is 431 g/mol. The molecule has 0 saturated heterocycles. The molecule has 0 radical (unpaired) electrons. The Morgan fingerprint density at radius 2 is 2.00 bits per heavy atom. The number of furan rings is 1. The van der Waals surface area contributed by atoms with Crippen molar-refractivity contribution in [1.82, 2.24) is 0 Å². The molecule has 1 N–H and O–H groups in total. The first-order valence-electron chi connectivity index (χ1n) is 8.22. The fourth-order valence-corrected chi connectivity index (χ4v) is 3.18. The Hall–Kier alpha value is -2.80. The van der Waals surface area contributed by atoms with Gasteiger partial charge >= 0.3 is 5.97 Å².